The lowest BCUT2D eigenvalue weighted by Gasteiger charge is -2.33. The number of tetrazole rings is 1. The molecule has 0 saturated carbocycles. The number of amides is 1. The van der Waals surface area contributed by atoms with E-state index in [0.717, 1.165) is 5.56 Å². The summed E-state index contributed by atoms with van der Waals surface area (Å²) >= 11 is 0. The lowest BCUT2D eigenvalue weighted by molar-refractivity contribution is -0.139. The molecule has 1 aliphatic heterocycles. The molecule has 1 aliphatic rings. The van der Waals surface area contributed by atoms with E-state index in [1.54, 1.807) is 21.7 Å². The number of carbonyl (C=O) groups excluding carboxylic acids is 1. The summed E-state index contributed by atoms with van der Waals surface area (Å²) in [5.74, 6) is -0.187. The van der Waals surface area contributed by atoms with Crippen molar-refractivity contribution in [2.75, 3.05) is 19.7 Å². The van der Waals surface area contributed by atoms with Crippen LogP contribution in [0, 0.1) is 5.82 Å². The Morgan fingerprint density at radius 3 is 2.91 bits per heavy atom. The zero-order valence-corrected chi connectivity index (χ0v) is 12.6. The highest BCUT2D eigenvalue weighted by molar-refractivity contribution is 5.76. The van der Waals surface area contributed by atoms with Crippen molar-refractivity contribution in [3.05, 3.63) is 42.0 Å². The number of benzene rings is 1. The minimum absolute atomic E-state index is 0.0912. The molecule has 1 amide bonds. The van der Waals surface area contributed by atoms with E-state index in [1.807, 2.05) is 0 Å². The molecule has 3 rings (SSSR count). The predicted octanol–water partition coefficient (Wildman–Crippen LogP) is 1.19. The van der Waals surface area contributed by atoms with Gasteiger partial charge in [0.2, 0.25) is 5.91 Å². The molecule has 122 valence electrons. The molecule has 0 radical (unpaired) electrons. The molecule has 0 aliphatic carbocycles. The van der Waals surface area contributed by atoms with Gasteiger partial charge in [-0.2, -0.15) is 0 Å². The summed E-state index contributed by atoms with van der Waals surface area (Å²) in [5.41, 5.74) is 0.887. The Labute approximate surface area is 133 Å². The smallest absolute Gasteiger partial charge is 0.222 e. The van der Waals surface area contributed by atoms with Gasteiger partial charge in [0.15, 0.2) is 0 Å². The van der Waals surface area contributed by atoms with Crippen LogP contribution in [0.5, 0.6) is 0 Å². The molecule has 0 N–H and O–H groups in total. The molecule has 2 aromatic rings. The van der Waals surface area contributed by atoms with Gasteiger partial charge in [-0.05, 0) is 34.5 Å². The molecule has 1 unspecified atom stereocenters. The van der Waals surface area contributed by atoms with E-state index in [0.29, 0.717) is 39.1 Å². The number of hydrogen-bond donors (Lipinski definition) is 0. The Morgan fingerprint density at radius 2 is 2.17 bits per heavy atom. The number of ether oxygens (including phenoxy) is 1. The van der Waals surface area contributed by atoms with E-state index in [1.165, 1.54) is 18.5 Å². The normalized spacial score (nSPS) is 18.1. The van der Waals surface area contributed by atoms with Crippen molar-refractivity contribution in [2.24, 2.45) is 0 Å². The quantitative estimate of drug-likeness (QED) is 0.828. The number of aromatic nitrogens is 4. The van der Waals surface area contributed by atoms with E-state index < -0.39 is 0 Å². The molecule has 1 aromatic carbocycles. The third-order valence-corrected chi connectivity index (χ3v) is 3.83. The summed E-state index contributed by atoms with van der Waals surface area (Å²) in [5, 5.41) is 10.9. The average molecular weight is 319 g/mol. The molecular formula is C15H18FN5O2. The summed E-state index contributed by atoms with van der Waals surface area (Å²) < 4.78 is 20.3. The first kappa shape index (κ1) is 15.5. The van der Waals surface area contributed by atoms with Gasteiger partial charge >= 0.3 is 0 Å². The van der Waals surface area contributed by atoms with E-state index in [2.05, 4.69) is 15.5 Å². The SMILES string of the molecule is O=C(CCCn1cnnn1)N1CCOC(c2ccc(F)cc2)C1. The molecular weight excluding hydrogens is 301 g/mol. The van der Waals surface area contributed by atoms with E-state index in [4.69, 9.17) is 4.74 Å². The van der Waals surface area contributed by atoms with Crippen LogP contribution in [0.3, 0.4) is 0 Å². The zero-order valence-electron chi connectivity index (χ0n) is 12.6. The third kappa shape index (κ3) is 4.10. The van der Waals surface area contributed by atoms with Crippen LogP contribution >= 0.6 is 0 Å². The molecule has 8 heteroatoms. The maximum Gasteiger partial charge on any atom is 0.222 e. The maximum absolute atomic E-state index is 13.0. The Bertz CT molecular complexity index is 632. The van der Waals surface area contributed by atoms with Crippen LogP contribution < -0.4 is 0 Å². The molecule has 7 nitrogen and oxygen atoms in total. The maximum atomic E-state index is 13.0. The first-order valence-electron chi connectivity index (χ1n) is 7.58. The predicted molar refractivity (Wildman–Crippen MR) is 78.7 cm³/mol. The second-order valence-corrected chi connectivity index (χ2v) is 5.43. The Hall–Kier alpha value is -2.35. The Balaban J connectivity index is 1.51. The summed E-state index contributed by atoms with van der Waals surface area (Å²) in [4.78, 5) is 14.1. The summed E-state index contributed by atoms with van der Waals surface area (Å²) in [6.07, 6.45) is 2.45. The number of hydrogen-bond acceptors (Lipinski definition) is 5. The highest BCUT2D eigenvalue weighted by atomic mass is 19.1. The zero-order chi connectivity index (χ0) is 16.1. The van der Waals surface area contributed by atoms with Gasteiger partial charge in [0, 0.05) is 19.5 Å². The lowest BCUT2D eigenvalue weighted by Crippen LogP contribution is -2.42. The van der Waals surface area contributed by atoms with Crippen LogP contribution in [-0.4, -0.2) is 50.7 Å². The topological polar surface area (TPSA) is 73.1 Å². The van der Waals surface area contributed by atoms with Gasteiger partial charge in [-0.15, -0.1) is 5.10 Å². The number of rotatable bonds is 5. The Kier molecular flexibility index (Phi) is 4.92. The lowest BCUT2D eigenvalue weighted by atomic mass is 10.1. The highest BCUT2D eigenvalue weighted by Gasteiger charge is 2.25. The molecule has 2 heterocycles. The van der Waals surface area contributed by atoms with Crippen LogP contribution in [0.1, 0.15) is 24.5 Å². The van der Waals surface area contributed by atoms with Crippen molar-refractivity contribution in [3.8, 4) is 0 Å². The number of nitrogens with zero attached hydrogens (tertiary/aromatic N) is 5. The fraction of sp³-hybridized carbons (Fsp3) is 0.467. The van der Waals surface area contributed by atoms with Gasteiger partial charge in [0.05, 0.1) is 13.2 Å². The minimum Gasteiger partial charge on any atom is -0.370 e. The van der Waals surface area contributed by atoms with E-state index in [-0.39, 0.29) is 17.8 Å². The van der Waals surface area contributed by atoms with Gasteiger partial charge in [-0.1, -0.05) is 12.1 Å². The second-order valence-electron chi connectivity index (χ2n) is 5.43. The number of morpholine rings is 1. The Morgan fingerprint density at radius 1 is 1.35 bits per heavy atom. The number of halogens is 1. The van der Waals surface area contributed by atoms with E-state index >= 15 is 0 Å². The number of aryl methyl sites for hydroxylation is 1. The van der Waals surface area contributed by atoms with Crippen molar-refractivity contribution >= 4 is 5.91 Å². The summed E-state index contributed by atoms with van der Waals surface area (Å²) in [6.45, 7) is 2.18. The van der Waals surface area contributed by atoms with Gasteiger partial charge in [0.1, 0.15) is 18.2 Å². The highest BCUT2D eigenvalue weighted by Crippen LogP contribution is 2.23. The molecule has 1 fully saturated rings. The third-order valence-electron chi connectivity index (χ3n) is 3.83. The van der Waals surface area contributed by atoms with Crippen LogP contribution in [0.4, 0.5) is 4.39 Å². The monoisotopic (exact) mass is 319 g/mol. The standard InChI is InChI=1S/C15H18FN5O2/c16-13-5-3-12(4-6-13)14-10-20(8-9-23-14)15(22)2-1-7-21-11-17-18-19-21/h3-6,11,14H,1-2,7-10H2. The van der Waals surface area contributed by atoms with Gasteiger partial charge in [0.25, 0.3) is 0 Å². The van der Waals surface area contributed by atoms with E-state index in [9.17, 15) is 9.18 Å². The summed E-state index contributed by atoms with van der Waals surface area (Å²) in [7, 11) is 0. The van der Waals surface area contributed by atoms with Gasteiger partial charge in [-0.25, -0.2) is 9.07 Å². The fourth-order valence-electron chi connectivity index (χ4n) is 2.59. The van der Waals surface area contributed by atoms with Crippen molar-refractivity contribution in [1.29, 1.82) is 0 Å². The second kappa shape index (κ2) is 7.28. The van der Waals surface area contributed by atoms with Crippen molar-refractivity contribution in [3.63, 3.8) is 0 Å². The molecule has 1 saturated heterocycles. The average Bonchev–Trinajstić information content (AvgIpc) is 3.09. The van der Waals surface area contributed by atoms with Crippen molar-refractivity contribution in [2.45, 2.75) is 25.5 Å². The number of carbonyl (C=O) groups is 1. The van der Waals surface area contributed by atoms with Crippen molar-refractivity contribution < 1.29 is 13.9 Å². The molecule has 0 bridgehead atoms. The first-order chi connectivity index (χ1) is 11.2. The van der Waals surface area contributed by atoms with Gasteiger partial charge in [-0.3, -0.25) is 4.79 Å². The van der Waals surface area contributed by atoms with Gasteiger partial charge < -0.3 is 9.64 Å². The minimum atomic E-state index is -0.278. The van der Waals surface area contributed by atoms with Crippen LogP contribution in [0.15, 0.2) is 30.6 Å². The van der Waals surface area contributed by atoms with Crippen LogP contribution in [-0.2, 0) is 16.1 Å². The fourth-order valence-corrected chi connectivity index (χ4v) is 2.59. The molecule has 23 heavy (non-hydrogen) atoms. The van der Waals surface area contributed by atoms with Crippen LogP contribution in [0.2, 0.25) is 0 Å². The first-order valence-corrected chi connectivity index (χ1v) is 7.58. The van der Waals surface area contributed by atoms with Crippen molar-refractivity contribution in [1.82, 2.24) is 25.1 Å². The molecule has 1 aromatic heterocycles. The molecule has 0 spiro atoms. The van der Waals surface area contributed by atoms with Crippen LogP contribution in [0.25, 0.3) is 0 Å². The summed E-state index contributed by atoms with van der Waals surface area (Å²) in [6, 6.07) is 6.22. The molecule has 1 atom stereocenters. The largest absolute Gasteiger partial charge is 0.370 e.